The van der Waals surface area contributed by atoms with E-state index in [-0.39, 0.29) is 35.9 Å². The van der Waals surface area contributed by atoms with Gasteiger partial charge in [-0.2, -0.15) is 0 Å². The van der Waals surface area contributed by atoms with Crippen molar-refractivity contribution in [1.82, 2.24) is 15.6 Å². The number of amides is 4. The van der Waals surface area contributed by atoms with E-state index in [0.717, 1.165) is 0 Å². The average Bonchev–Trinajstić information content (AvgIpc) is 3.26. The molecule has 1 aromatic carbocycles. The Morgan fingerprint density at radius 1 is 1.18 bits per heavy atom. The topological polar surface area (TPSA) is 101 Å². The lowest BCUT2D eigenvalue weighted by Gasteiger charge is -2.55. The van der Waals surface area contributed by atoms with E-state index in [1.807, 2.05) is 0 Å². The van der Waals surface area contributed by atoms with Gasteiger partial charge in [0.25, 0.3) is 0 Å². The van der Waals surface area contributed by atoms with Gasteiger partial charge in [0.05, 0.1) is 29.5 Å². The lowest BCUT2D eigenvalue weighted by molar-refractivity contribution is -0.153. The highest BCUT2D eigenvalue weighted by molar-refractivity contribution is 7.10. The van der Waals surface area contributed by atoms with Crippen LogP contribution in [0.3, 0.4) is 0 Å². The van der Waals surface area contributed by atoms with E-state index < -0.39 is 47.0 Å². The van der Waals surface area contributed by atoms with Crippen LogP contribution in [0.4, 0.5) is 19.3 Å². The van der Waals surface area contributed by atoms with Gasteiger partial charge in [-0.15, -0.1) is 11.3 Å². The van der Waals surface area contributed by atoms with Crippen molar-refractivity contribution in [3.63, 3.8) is 0 Å². The second kappa shape index (κ2) is 7.60. The molecule has 170 valence electrons. The molecule has 0 saturated carbocycles. The number of anilines is 1. The highest BCUT2D eigenvalue weighted by Gasteiger charge is 2.63. The monoisotopic (exact) mass is 472 g/mol. The van der Waals surface area contributed by atoms with Gasteiger partial charge in [-0.05, 0) is 31.4 Å². The van der Waals surface area contributed by atoms with Crippen molar-refractivity contribution in [2.45, 2.75) is 38.5 Å². The van der Waals surface area contributed by atoms with Gasteiger partial charge in [0.15, 0.2) is 22.1 Å². The van der Waals surface area contributed by atoms with Crippen LogP contribution in [0.5, 0.6) is 0 Å². The van der Waals surface area contributed by atoms with Crippen LogP contribution in [0.1, 0.15) is 30.0 Å². The summed E-state index contributed by atoms with van der Waals surface area (Å²) in [6.45, 7) is 3.55. The standard InChI is InChI=1S/C22H18F2N4O4S/c1-10-9-28-17-13(7-12(15(23)16(17)24)3-4-14-25-5-6-33-14)8-22(18(28)11(2)32-10)19(29)26-21(31)27-20(22)30/h5-7,10-11,18H,8-9H2,1-2H3,(H2,26,27,29,30,31)/t10-,11+,18-/m0/s1. The second-order valence-corrected chi connectivity index (χ2v) is 9.18. The zero-order chi connectivity index (χ0) is 23.5. The van der Waals surface area contributed by atoms with E-state index in [1.165, 1.54) is 22.3 Å². The molecule has 2 N–H and O–H groups in total. The highest BCUT2D eigenvalue weighted by atomic mass is 32.1. The quantitative estimate of drug-likeness (QED) is 0.447. The van der Waals surface area contributed by atoms with Crippen molar-refractivity contribution in [2.24, 2.45) is 5.41 Å². The van der Waals surface area contributed by atoms with Crippen molar-refractivity contribution in [1.29, 1.82) is 0 Å². The third-order valence-corrected chi connectivity index (χ3v) is 6.89. The van der Waals surface area contributed by atoms with E-state index in [1.54, 1.807) is 25.4 Å². The number of morpholine rings is 1. The first kappa shape index (κ1) is 21.5. The second-order valence-electron chi connectivity index (χ2n) is 8.28. The molecule has 4 heterocycles. The normalized spacial score (nSPS) is 25.5. The minimum atomic E-state index is -1.77. The van der Waals surface area contributed by atoms with Crippen LogP contribution in [0.15, 0.2) is 17.6 Å². The number of benzene rings is 1. The van der Waals surface area contributed by atoms with E-state index in [2.05, 4.69) is 27.5 Å². The first-order chi connectivity index (χ1) is 15.7. The molecule has 2 fully saturated rings. The zero-order valence-corrected chi connectivity index (χ0v) is 18.4. The lowest BCUT2D eigenvalue weighted by Crippen LogP contribution is -2.75. The summed E-state index contributed by atoms with van der Waals surface area (Å²) in [5.41, 5.74) is -1.76. The molecule has 3 aliphatic rings. The number of carbonyl (C=O) groups is 3. The maximum absolute atomic E-state index is 15.5. The Bertz CT molecular complexity index is 1230. The number of fused-ring (bicyclic) bond motifs is 4. The molecular weight excluding hydrogens is 454 g/mol. The van der Waals surface area contributed by atoms with Gasteiger partial charge in [0.1, 0.15) is 0 Å². The smallest absolute Gasteiger partial charge is 0.328 e. The number of rotatable bonds is 0. The Morgan fingerprint density at radius 2 is 1.91 bits per heavy atom. The van der Waals surface area contributed by atoms with Gasteiger partial charge < -0.3 is 9.64 Å². The van der Waals surface area contributed by atoms with Gasteiger partial charge in [-0.1, -0.05) is 5.92 Å². The molecule has 11 heteroatoms. The van der Waals surface area contributed by atoms with E-state index >= 15 is 8.78 Å². The minimum absolute atomic E-state index is 0.0255. The maximum Gasteiger partial charge on any atom is 0.328 e. The number of aromatic nitrogens is 1. The third kappa shape index (κ3) is 3.20. The van der Waals surface area contributed by atoms with Crippen LogP contribution in [0, 0.1) is 28.9 Å². The Kier molecular flexibility index (Phi) is 4.95. The van der Waals surface area contributed by atoms with Crippen molar-refractivity contribution >= 4 is 34.9 Å². The molecule has 0 aliphatic carbocycles. The Balaban J connectivity index is 1.70. The molecule has 1 aromatic heterocycles. The number of ether oxygens (including phenoxy) is 1. The number of imide groups is 2. The zero-order valence-electron chi connectivity index (χ0n) is 17.6. The van der Waals surface area contributed by atoms with Crippen molar-refractivity contribution < 1.29 is 27.9 Å². The molecule has 0 unspecified atom stereocenters. The Hall–Kier alpha value is -3.36. The summed E-state index contributed by atoms with van der Waals surface area (Å²) in [6.07, 6.45) is 0.241. The number of hydrogen-bond acceptors (Lipinski definition) is 7. The largest absolute Gasteiger partial charge is 0.372 e. The summed E-state index contributed by atoms with van der Waals surface area (Å²) in [5.74, 6) is 1.46. The summed E-state index contributed by atoms with van der Waals surface area (Å²) < 4.78 is 36.4. The van der Waals surface area contributed by atoms with E-state index in [0.29, 0.717) is 5.01 Å². The molecule has 2 aromatic rings. The van der Waals surface area contributed by atoms with Crippen LogP contribution in [-0.2, 0) is 20.7 Å². The molecule has 3 atom stereocenters. The highest BCUT2D eigenvalue weighted by Crippen LogP contribution is 2.48. The van der Waals surface area contributed by atoms with Crippen LogP contribution < -0.4 is 15.5 Å². The summed E-state index contributed by atoms with van der Waals surface area (Å²) >= 11 is 1.25. The van der Waals surface area contributed by atoms with Crippen molar-refractivity contribution in [2.75, 3.05) is 11.4 Å². The number of nitrogens with one attached hydrogen (secondary N) is 2. The first-order valence-electron chi connectivity index (χ1n) is 10.2. The molecule has 2 saturated heterocycles. The molecule has 0 bridgehead atoms. The number of barbiturate groups is 1. The van der Waals surface area contributed by atoms with Gasteiger partial charge in [0.2, 0.25) is 11.8 Å². The number of hydrogen-bond donors (Lipinski definition) is 2. The molecule has 3 aliphatic heterocycles. The number of thiazole rings is 1. The summed E-state index contributed by atoms with van der Waals surface area (Å²) in [7, 11) is 0. The molecule has 0 radical (unpaired) electrons. The van der Waals surface area contributed by atoms with Gasteiger partial charge in [-0.3, -0.25) is 20.2 Å². The predicted octanol–water partition coefficient (Wildman–Crippen LogP) is 1.71. The Labute approximate surface area is 191 Å². The van der Waals surface area contributed by atoms with E-state index in [4.69, 9.17) is 4.74 Å². The van der Waals surface area contributed by atoms with Gasteiger partial charge in [-0.25, -0.2) is 18.6 Å². The molecule has 33 heavy (non-hydrogen) atoms. The number of nitrogens with zero attached hydrogens (tertiary/aromatic N) is 2. The fourth-order valence-electron chi connectivity index (χ4n) is 5.03. The average molecular weight is 472 g/mol. The molecule has 1 spiro atoms. The third-order valence-electron chi connectivity index (χ3n) is 6.20. The molecular formula is C22H18F2N4O4S. The summed E-state index contributed by atoms with van der Waals surface area (Å²) in [4.78, 5) is 43.5. The number of carbonyl (C=O) groups excluding carboxylic acids is 3. The summed E-state index contributed by atoms with van der Waals surface area (Å²) in [5, 5.41) is 6.45. The first-order valence-corrected chi connectivity index (χ1v) is 11.1. The van der Waals surface area contributed by atoms with E-state index in [9.17, 15) is 14.4 Å². The molecule has 5 rings (SSSR count). The van der Waals surface area contributed by atoms with Crippen molar-refractivity contribution in [3.8, 4) is 11.8 Å². The Morgan fingerprint density at radius 3 is 2.58 bits per heavy atom. The van der Waals surface area contributed by atoms with Crippen LogP contribution in [-0.4, -0.2) is 47.6 Å². The SMILES string of the molecule is C[C@H]1CN2c3c(cc(C#Cc4nccs4)c(F)c3F)CC3(C(=O)NC(=O)NC3=O)[C@@H]2[C@@H](C)O1. The van der Waals surface area contributed by atoms with Crippen molar-refractivity contribution in [3.05, 3.63) is 45.4 Å². The number of urea groups is 1. The number of halogens is 2. The maximum atomic E-state index is 15.5. The van der Waals surface area contributed by atoms with Crippen LogP contribution >= 0.6 is 11.3 Å². The minimum Gasteiger partial charge on any atom is -0.372 e. The van der Waals surface area contributed by atoms with Crippen LogP contribution in [0.25, 0.3) is 0 Å². The molecule has 4 amide bonds. The predicted molar refractivity (Wildman–Crippen MR) is 113 cm³/mol. The van der Waals surface area contributed by atoms with Gasteiger partial charge >= 0.3 is 6.03 Å². The fourth-order valence-corrected chi connectivity index (χ4v) is 5.52. The molecule has 8 nitrogen and oxygen atoms in total. The van der Waals surface area contributed by atoms with Gasteiger partial charge in [0, 0.05) is 24.5 Å². The lowest BCUT2D eigenvalue weighted by atomic mass is 9.66. The summed E-state index contributed by atoms with van der Waals surface area (Å²) in [6, 6.07) is -0.518. The fraction of sp³-hybridized carbons (Fsp3) is 0.364. The van der Waals surface area contributed by atoms with Crippen LogP contribution in [0.2, 0.25) is 0 Å².